The topological polar surface area (TPSA) is 37.4 Å². The number of ketones is 1. The Kier molecular flexibility index (Phi) is 6.40. The smallest absolute Gasteiger partial charge is 0.315 e. The van der Waals surface area contributed by atoms with Crippen LogP contribution in [-0.2, 0) is 9.59 Å². The van der Waals surface area contributed by atoms with Crippen LogP contribution in [0.4, 0.5) is 8.78 Å². The second kappa shape index (κ2) is 6.71. The van der Waals surface area contributed by atoms with Crippen LogP contribution in [0.1, 0.15) is 20.3 Å². The van der Waals surface area contributed by atoms with Gasteiger partial charge in [-0.3, -0.25) is 9.59 Å². The van der Waals surface area contributed by atoms with Crippen molar-refractivity contribution in [3.05, 3.63) is 0 Å². The Morgan fingerprint density at radius 1 is 1.40 bits per heavy atom. The molecule has 0 aliphatic carbocycles. The summed E-state index contributed by atoms with van der Waals surface area (Å²) in [6.07, 6.45) is -3.02. The van der Waals surface area contributed by atoms with Crippen molar-refractivity contribution in [3.63, 3.8) is 0 Å². The van der Waals surface area contributed by atoms with Crippen LogP contribution in [0.15, 0.2) is 0 Å². The summed E-state index contributed by atoms with van der Waals surface area (Å²) < 4.78 is 24.3. The molecular weight excluding hydrogens is 228 g/mol. The standard InChI is InChI=1S/C9H14ClF2NO2/c1-3-13(9(15)8(11)12)6(2)4-7(14)5-10/h6,8H,3-5H2,1-2H3. The van der Waals surface area contributed by atoms with Gasteiger partial charge in [-0.2, -0.15) is 8.78 Å². The van der Waals surface area contributed by atoms with E-state index in [1.807, 2.05) is 0 Å². The van der Waals surface area contributed by atoms with Gasteiger partial charge in [0.2, 0.25) is 0 Å². The van der Waals surface area contributed by atoms with Crippen LogP contribution in [0, 0.1) is 0 Å². The quantitative estimate of drug-likeness (QED) is 0.664. The van der Waals surface area contributed by atoms with E-state index in [0.717, 1.165) is 4.90 Å². The van der Waals surface area contributed by atoms with Gasteiger partial charge in [0.1, 0.15) is 5.78 Å². The van der Waals surface area contributed by atoms with Crippen molar-refractivity contribution in [2.24, 2.45) is 0 Å². The monoisotopic (exact) mass is 241 g/mol. The van der Waals surface area contributed by atoms with Gasteiger partial charge in [0.05, 0.1) is 5.88 Å². The highest BCUT2D eigenvalue weighted by molar-refractivity contribution is 6.27. The minimum Gasteiger partial charge on any atom is -0.335 e. The number of carbonyl (C=O) groups is 2. The number of alkyl halides is 3. The molecule has 0 aromatic rings. The van der Waals surface area contributed by atoms with Gasteiger partial charge >= 0.3 is 6.43 Å². The summed E-state index contributed by atoms with van der Waals surface area (Å²) in [6, 6.07) is -0.539. The molecule has 0 saturated heterocycles. The first-order valence-electron chi connectivity index (χ1n) is 4.60. The van der Waals surface area contributed by atoms with Gasteiger partial charge in [-0.05, 0) is 13.8 Å². The highest BCUT2D eigenvalue weighted by Gasteiger charge is 2.26. The third kappa shape index (κ3) is 4.55. The Labute approximate surface area is 92.4 Å². The average molecular weight is 242 g/mol. The first-order valence-corrected chi connectivity index (χ1v) is 5.13. The minimum atomic E-state index is -3.03. The van der Waals surface area contributed by atoms with Crippen LogP contribution in [-0.4, -0.2) is 41.5 Å². The maximum absolute atomic E-state index is 12.1. The minimum absolute atomic E-state index is 0.00972. The molecule has 3 nitrogen and oxygen atoms in total. The number of nitrogens with zero attached hydrogens (tertiary/aromatic N) is 1. The van der Waals surface area contributed by atoms with Crippen LogP contribution in [0.2, 0.25) is 0 Å². The van der Waals surface area contributed by atoms with Gasteiger partial charge in [0, 0.05) is 19.0 Å². The van der Waals surface area contributed by atoms with E-state index in [4.69, 9.17) is 11.6 Å². The fourth-order valence-electron chi connectivity index (χ4n) is 1.30. The Morgan fingerprint density at radius 3 is 2.27 bits per heavy atom. The SMILES string of the molecule is CCN(C(=O)C(F)F)C(C)CC(=O)CCl. The average Bonchev–Trinajstić information content (AvgIpc) is 2.18. The number of hydrogen-bond donors (Lipinski definition) is 0. The van der Waals surface area contributed by atoms with Crippen LogP contribution in [0.3, 0.4) is 0 Å². The Bertz CT molecular complexity index is 236. The molecule has 0 radical (unpaired) electrons. The number of hydrogen-bond acceptors (Lipinski definition) is 2. The third-order valence-corrected chi connectivity index (χ3v) is 2.31. The normalized spacial score (nSPS) is 12.7. The Balaban J connectivity index is 4.40. The lowest BCUT2D eigenvalue weighted by molar-refractivity contribution is -0.145. The molecular formula is C9H14ClF2NO2. The van der Waals surface area contributed by atoms with Crippen molar-refractivity contribution in [1.82, 2.24) is 4.90 Å². The summed E-state index contributed by atoms with van der Waals surface area (Å²) in [5.74, 6) is -1.66. The van der Waals surface area contributed by atoms with Crippen molar-refractivity contribution in [2.75, 3.05) is 12.4 Å². The fraction of sp³-hybridized carbons (Fsp3) is 0.778. The molecule has 1 unspecified atom stereocenters. The van der Waals surface area contributed by atoms with E-state index in [1.54, 1.807) is 13.8 Å². The lowest BCUT2D eigenvalue weighted by Crippen LogP contribution is -2.42. The molecule has 0 spiro atoms. The third-order valence-electron chi connectivity index (χ3n) is 2.01. The number of halogens is 3. The summed E-state index contributed by atoms with van der Waals surface area (Å²) in [5, 5.41) is 0. The molecule has 0 rings (SSSR count). The van der Waals surface area contributed by atoms with E-state index in [1.165, 1.54) is 0 Å². The predicted octanol–water partition coefficient (Wildman–Crippen LogP) is 1.69. The van der Waals surface area contributed by atoms with Crippen LogP contribution >= 0.6 is 11.6 Å². The summed E-state index contributed by atoms with van der Waals surface area (Å²) in [4.78, 5) is 23.0. The van der Waals surface area contributed by atoms with Crippen molar-refractivity contribution in [2.45, 2.75) is 32.7 Å². The zero-order valence-corrected chi connectivity index (χ0v) is 9.43. The molecule has 0 bridgehead atoms. The summed E-state index contributed by atoms with van der Waals surface area (Å²) in [7, 11) is 0. The van der Waals surface area contributed by atoms with Gasteiger partial charge in [-0.25, -0.2) is 0 Å². The molecule has 0 heterocycles. The maximum Gasteiger partial charge on any atom is 0.315 e. The molecule has 0 aromatic carbocycles. The number of amides is 1. The highest BCUT2D eigenvalue weighted by Crippen LogP contribution is 2.09. The van der Waals surface area contributed by atoms with Crippen molar-refractivity contribution in [1.29, 1.82) is 0 Å². The second-order valence-electron chi connectivity index (χ2n) is 3.15. The van der Waals surface area contributed by atoms with Gasteiger partial charge in [0.15, 0.2) is 0 Å². The predicted molar refractivity (Wildman–Crippen MR) is 53.2 cm³/mol. The number of carbonyl (C=O) groups excluding carboxylic acids is 2. The van der Waals surface area contributed by atoms with E-state index >= 15 is 0 Å². The van der Waals surface area contributed by atoms with E-state index in [0.29, 0.717) is 0 Å². The molecule has 15 heavy (non-hydrogen) atoms. The molecule has 0 aromatic heterocycles. The first-order chi connectivity index (χ1) is 6.93. The second-order valence-corrected chi connectivity index (χ2v) is 3.42. The van der Waals surface area contributed by atoms with Crippen LogP contribution < -0.4 is 0 Å². The van der Waals surface area contributed by atoms with Gasteiger partial charge in [-0.15, -0.1) is 11.6 Å². The number of rotatable bonds is 6. The van der Waals surface area contributed by atoms with E-state index in [9.17, 15) is 18.4 Å². The summed E-state index contributed by atoms with van der Waals surface area (Å²) in [6.45, 7) is 3.29. The van der Waals surface area contributed by atoms with Crippen molar-refractivity contribution in [3.8, 4) is 0 Å². The maximum atomic E-state index is 12.1. The summed E-state index contributed by atoms with van der Waals surface area (Å²) in [5.41, 5.74) is 0. The summed E-state index contributed by atoms with van der Waals surface area (Å²) >= 11 is 5.28. The fourth-order valence-corrected chi connectivity index (χ4v) is 1.41. The van der Waals surface area contributed by atoms with Crippen molar-refractivity contribution >= 4 is 23.3 Å². The Morgan fingerprint density at radius 2 is 1.93 bits per heavy atom. The zero-order valence-electron chi connectivity index (χ0n) is 8.67. The molecule has 1 amide bonds. The van der Waals surface area contributed by atoms with Gasteiger partial charge in [-0.1, -0.05) is 0 Å². The molecule has 0 aliphatic heterocycles. The van der Waals surface area contributed by atoms with Crippen LogP contribution in [0.25, 0.3) is 0 Å². The van der Waals surface area contributed by atoms with Gasteiger partial charge < -0.3 is 4.90 Å². The zero-order chi connectivity index (χ0) is 12.0. The van der Waals surface area contributed by atoms with E-state index < -0.39 is 18.4 Å². The lowest BCUT2D eigenvalue weighted by atomic mass is 10.1. The lowest BCUT2D eigenvalue weighted by Gasteiger charge is -2.27. The highest BCUT2D eigenvalue weighted by atomic mass is 35.5. The molecule has 88 valence electrons. The first kappa shape index (κ1) is 14.3. The van der Waals surface area contributed by atoms with E-state index in [-0.39, 0.29) is 24.6 Å². The Hall–Kier alpha value is -0.710. The molecule has 6 heteroatoms. The molecule has 0 saturated carbocycles. The largest absolute Gasteiger partial charge is 0.335 e. The van der Waals surface area contributed by atoms with E-state index in [2.05, 4.69) is 0 Å². The van der Waals surface area contributed by atoms with Gasteiger partial charge in [0.25, 0.3) is 5.91 Å². The van der Waals surface area contributed by atoms with Crippen molar-refractivity contribution < 1.29 is 18.4 Å². The van der Waals surface area contributed by atoms with Crippen LogP contribution in [0.5, 0.6) is 0 Å². The molecule has 0 N–H and O–H groups in total. The molecule has 0 aliphatic rings. The molecule has 0 fully saturated rings. The molecule has 1 atom stereocenters. The number of Topliss-reactive ketones (excluding diaryl/α,β-unsaturated/α-hetero) is 1.